The van der Waals surface area contributed by atoms with E-state index in [4.69, 9.17) is 4.74 Å². The second kappa shape index (κ2) is 10.1. The van der Waals surface area contributed by atoms with Gasteiger partial charge in [-0.25, -0.2) is 9.78 Å². The molecular formula is C28H27N7O4. The predicted molar refractivity (Wildman–Crippen MR) is 143 cm³/mol. The molecule has 0 fully saturated rings. The van der Waals surface area contributed by atoms with Crippen LogP contribution in [0, 0.1) is 0 Å². The second-order valence-corrected chi connectivity index (χ2v) is 9.47. The van der Waals surface area contributed by atoms with Crippen LogP contribution in [-0.4, -0.2) is 49.8 Å². The van der Waals surface area contributed by atoms with Gasteiger partial charge in [0.05, 0.1) is 30.5 Å². The third-order valence-corrected chi connectivity index (χ3v) is 7.16. The number of H-pyrrole nitrogens is 1. The van der Waals surface area contributed by atoms with Crippen molar-refractivity contribution in [1.29, 1.82) is 0 Å². The molecule has 4 aromatic rings. The number of aromatic amines is 1. The predicted octanol–water partition coefficient (Wildman–Crippen LogP) is 3.05. The van der Waals surface area contributed by atoms with Crippen molar-refractivity contribution in [1.82, 2.24) is 30.1 Å². The Bertz CT molecular complexity index is 1580. The van der Waals surface area contributed by atoms with Crippen molar-refractivity contribution in [3.05, 3.63) is 99.2 Å². The Kier molecular flexibility index (Phi) is 6.31. The van der Waals surface area contributed by atoms with Gasteiger partial charge >= 0.3 is 6.09 Å². The zero-order chi connectivity index (χ0) is 26.9. The lowest BCUT2D eigenvalue weighted by molar-refractivity contribution is 0.0875. The summed E-state index contributed by atoms with van der Waals surface area (Å²) in [6.07, 6.45) is 1.61. The molecule has 0 saturated heterocycles. The van der Waals surface area contributed by atoms with Gasteiger partial charge in [0.2, 0.25) is 5.95 Å². The van der Waals surface area contributed by atoms with E-state index in [9.17, 15) is 14.4 Å². The minimum Gasteiger partial charge on any atom is -0.448 e. The summed E-state index contributed by atoms with van der Waals surface area (Å²) in [6.45, 7) is 3.14. The van der Waals surface area contributed by atoms with Crippen molar-refractivity contribution in [2.45, 2.75) is 32.4 Å². The molecule has 3 heterocycles. The monoisotopic (exact) mass is 525 g/mol. The number of carbonyl (C=O) groups excluding carboxylic acids is 2. The molecule has 3 N–H and O–H groups in total. The molecule has 0 bridgehead atoms. The molecule has 0 atom stereocenters. The van der Waals surface area contributed by atoms with Gasteiger partial charge in [-0.2, -0.15) is 5.10 Å². The van der Waals surface area contributed by atoms with Crippen molar-refractivity contribution in [2.24, 2.45) is 0 Å². The van der Waals surface area contributed by atoms with Crippen LogP contribution in [0.25, 0.3) is 11.1 Å². The summed E-state index contributed by atoms with van der Waals surface area (Å²) in [7, 11) is 0. The quantitative estimate of drug-likeness (QED) is 0.330. The molecule has 2 aromatic carbocycles. The number of aromatic nitrogens is 4. The molecule has 6 rings (SSSR count). The van der Waals surface area contributed by atoms with Crippen LogP contribution in [-0.2, 0) is 24.2 Å². The van der Waals surface area contributed by atoms with E-state index in [1.165, 1.54) is 23.4 Å². The lowest BCUT2D eigenvalue weighted by atomic mass is 9.98. The zero-order valence-corrected chi connectivity index (χ0v) is 21.3. The molecule has 0 radical (unpaired) electrons. The van der Waals surface area contributed by atoms with Gasteiger partial charge in [-0.15, -0.1) is 0 Å². The highest BCUT2D eigenvalue weighted by molar-refractivity contribution is 5.95. The highest BCUT2D eigenvalue weighted by Crippen LogP contribution is 2.44. The topological polar surface area (TPSA) is 134 Å². The summed E-state index contributed by atoms with van der Waals surface area (Å²) in [5.41, 5.74) is 11.0. The van der Waals surface area contributed by atoms with Gasteiger partial charge in [-0.3, -0.25) is 30.1 Å². The SMILES string of the molecule is CCc1cc(=O)[nH]c(NNC(=O)c2cnn3c2CN(C(=O)OCC2c4ccccc4-c4ccccc42)CC3)n1. The van der Waals surface area contributed by atoms with Crippen LogP contribution in [0.15, 0.2) is 65.6 Å². The van der Waals surface area contributed by atoms with Gasteiger partial charge in [0, 0.05) is 24.2 Å². The maximum atomic E-state index is 13.1. The van der Waals surface area contributed by atoms with E-state index in [1.807, 2.05) is 31.2 Å². The smallest absolute Gasteiger partial charge is 0.410 e. The van der Waals surface area contributed by atoms with Crippen LogP contribution in [0.1, 0.15) is 45.7 Å². The molecule has 39 heavy (non-hydrogen) atoms. The van der Waals surface area contributed by atoms with E-state index >= 15 is 0 Å². The summed E-state index contributed by atoms with van der Waals surface area (Å²) in [4.78, 5) is 46.2. The van der Waals surface area contributed by atoms with Crippen LogP contribution in [0.3, 0.4) is 0 Å². The minimum absolute atomic E-state index is 0.0321. The first-order valence-electron chi connectivity index (χ1n) is 12.8. The van der Waals surface area contributed by atoms with Gasteiger partial charge in [0.15, 0.2) is 0 Å². The summed E-state index contributed by atoms with van der Waals surface area (Å²) >= 11 is 0. The third kappa shape index (κ3) is 4.63. The Balaban J connectivity index is 1.12. The minimum atomic E-state index is -0.463. The number of anilines is 1. The third-order valence-electron chi connectivity index (χ3n) is 7.16. The molecule has 1 aliphatic carbocycles. The van der Waals surface area contributed by atoms with E-state index in [2.05, 4.69) is 50.2 Å². The molecule has 0 spiro atoms. The van der Waals surface area contributed by atoms with Crippen LogP contribution < -0.4 is 16.4 Å². The van der Waals surface area contributed by atoms with E-state index in [0.29, 0.717) is 36.5 Å². The number of nitrogens with one attached hydrogen (secondary N) is 3. The molecule has 0 saturated carbocycles. The fourth-order valence-electron chi connectivity index (χ4n) is 5.21. The van der Waals surface area contributed by atoms with Gasteiger partial charge in [-0.05, 0) is 28.7 Å². The van der Waals surface area contributed by atoms with E-state index in [1.54, 1.807) is 9.58 Å². The number of hydrogen-bond donors (Lipinski definition) is 3. The molecular weight excluding hydrogens is 498 g/mol. The van der Waals surface area contributed by atoms with Crippen LogP contribution in [0.5, 0.6) is 0 Å². The largest absolute Gasteiger partial charge is 0.448 e. The number of nitrogens with zero attached hydrogens (tertiary/aromatic N) is 4. The average Bonchev–Trinajstić information content (AvgIpc) is 3.53. The number of ether oxygens (including phenoxy) is 1. The molecule has 2 amide bonds. The molecule has 0 unspecified atom stereocenters. The fourth-order valence-corrected chi connectivity index (χ4v) is 5.21. The van der Waals surface area contributed by atoms with Crippen LogP contribution >= 0.6 is 0 Å². The first-order valence-corrected chi connectivity index (χ1v) is 12.8. The van der Waals surface area contributed by atoms with E-state index in [0.717, 1.165) is 11.1 Å². The number of fused-ring (bicyclic) bond motifs is 4. The van der Waals surface area contributed by atoms with Gasteiger partial charge < -0.3 is 9.64 Å². The standard InChI is InChI=1S/C28H27N7O4/c1-2-17-13-25(36)31-27(30-17)33-32-26(37)22-14-29-35-12-11-34(15-24(22)35)28(38)39-16-23-20-9-5-3-7-18(20)19-8-4-6-10-21(19)23/h3-10,13-14,23H,2,11-12,15-16H2,1H3,(H,32,37)(H2,30,31,33,36). The van der Waals surface area contributed by atoms with Crippen molar-refractivity contribution in [3.63, 3.8) is 0 Å². The number of hydrogen-bond acceptors (Lipinski definition) is 7. The number of aryl methyl sites for hydroxylation is 1. The van der Waals surface area contributed by atoms with Crippen molar-refractivity contribution < 1.29 is 14.3 Å². The zero-order valence-electron chi connectivity index (χ0n) is 21.3. The van der Waals surface area contributed by atoms with Crippen LogP contribution in [0.4, 0.5) is 10.7 Å². The molecule has 11 nitrogen and oxygen atoms in total. The lowest BCUT2D eigenvalue weighted by Gasteiger charge is -2.28. The Morgan fingerprint density at radius 3 is 2.51 bits per heavy atom. The maximum absolute atomic E-state index is 13.1. The number of hydrazine groups is 1. The Hall–Kier alpha value is -4.93. The first kappa shape index (κ1) is 24.4. The molecule has 2 aromatic heterocycles. The van der Waals surface area contributed by atoms with Gasteiger partial charge in [0.25, 0.3) is 11.5 Å². The van der Waals surface area contributed by atoms with Gasteiger partial charge in [-0.1, -0.05) is 55.5 Å². The van der Waals surface area contributed by atoms with E-state index < -0.39 is 12.0 Å². The van der Waals surface area contributed by atoms with Crippen molar-refractivity contribution in [2.75, 3.05) is 18.6 Å². The number of rotatable bonds is 6. The molecule has 2 aliphatic rings. The number of benzene rings is 2. The van der Waals surface area contributed by atoms with Crippen LogP contribution in [0.2, 0.25) is 0 Å². The van der Waals surface area contributed by atoms with Gasteiger partial charge in [0.1, 0.15) is 6.61 Å². The number of carbonyl (C=O) groups is 2. The second-order valence-electron chi connectivity index (χ2n) is 9.47. The molecule has 11 heteroatoms. The average molecular weight is 526 g/mol. The Morgan fingerprint density at radius 2 is 1.79 bits per heavy atom. The highest BCUT2D eigenvalue weighted by Gasteiger charge is 2.31. The molecule has 198 valence electrons. The van der Waals surface area contributed by atoms with E-state index in [-0.39, 0.29) is 30.6 Å². The Labute approximate surface area is 223 Å². The first-order chi connectivity index (χ1) is 19.0. The van der Waals surface area contributed by atoms with Crippen molar-refractivity contribution in [3.8, 4) is 11.1 Å². The lowest BCUT2D eigenvalue weighted by Crippen LogP contribution is -2.40. The van der Waals surface area contributed by atoms with Crippen molar-refractivity contribution >= 4 is 17.9 Å². The summed E-state index contributed by atoms with van der Waals surface area (Å²) in [5.74, 6) is -0.362. The molecule has 1 aliphatic heterocycles. The summed E-state index contributed by atoms with van der Waals surface area (Å²) in [6, 6.07) is 17.8. The maximum Gasteiger partial charge on any atom is 0.410 e. The Morgan fingerprint density at radius 1 is 1.08 bits per heavy atom. The fraction of sp³-hybridized carbons (Fsp3) is 0.250. The highest BCUT2D eigenvalue weighted by atomic mass is 16.6. The normalized spacial score (nSPS) is 13.8. The number of amides is 2. The summed E-state index contributed by atoms with van der Waals surface area (Å²) in [5, 5.41) is 4.30. The summed E-state index contributed by atoms with van der Waals surface area (Å²) < 4.78 is 7.52.